The first-order chi connectivity index (χ1) is 5.66. The highest BCUT2D eigenvalue weighted by atomic mass is 127. The summed E-state index contributed by atoms with van der Waals surface area (Å²) < 4.78 is 2.37. The lowest BCUT2D eigenvalue weighted by Gasteiger charge is -1.95. The van der Waals surface area contributed by atoms with Crippen LogP contribution < -0.4 is 0 Å². The monoisotopic (exact) mass is 313 g/mol. The summed E-state index contributed by atoms with van der Waals surface area (Å²) in [5.74, 6) is 0. The van der Waals surface area contributed by atoms with Crippen molar-refractivity contribution in [2.45, 2.75) is 0 Å². The van der Waals surface area contributed by atoms with E-state index >= 15 is 0 Å². The maximum absolute atomic E-state index is 5.85. The van der Waals surface area contributed by atoms with Crippen molar-refractivity contribution in [1.82, 2.24) is 14.6 Å². The summed E-state index contributed by atoms with van der Waals surface area (Å²) in [6, 6.07) is 3.36. The lowest BCUT2D eigenvalue weighted by molar-refractivity contribution is 0.927. The van der Waals surface area contributed by atoms with Crippen LogP contribution >= 0.6 is 45.8 Å². The summed E-state index contributed by atoms with van der Waals surface area (Å²) in [6.45, 7) is 0. The Hall–Kier alpha value is -0.0700. The van der Waals surface area contributed by atoms with Gasteiger partial charge in [0, 0.05) is 12.1 Å². The Morgan fingerprint density at radius 2 is 2.08 bits per heavy atom. The summed E-state index contributed by atoms with van der Waals surface area (Å²) in [7, 11) is 0. The van der Waals surface area contributed by atoms with E-state index in [4.69, 9.17) is 23.2 Å². The molecule has 0 saturated carbocycles. The van der Waals surface area contributed by atoms with E-state index in [1.807, 2.05) is 0 Å². The van der Waals surface area contributed by atoms with E-state index in [2.05, 4.69) is 32.7 Å². The van der Waals surface area contributed by atoms with Crippen molar-refractivity contribution in [3.63, 3.8) is 0 Å². The zero-order chi connectivity index (χ0) is 8.72. The molecular weight excluding hydrogens is 312 g/mol. The van der Waals surface area contributed by atoms with E-state index < -0.39 is 0 Å². The minimum atomic E-state index is 0.379. The standard InChI is InChI=1S/C6H2Cl2IN3/c7-3-1-4(8)12-6(10-3)2-5(9)11-12/h1-2H. The fourth-order valence-corrected chi connectivity index (χ4v) is 1.85. The van der Waals surface area contributed by atoms with Gasteiger partial charge in [0.2, 0.25) is 0 Å². The molecule has 0 amide bonds. The molecule has 0 spiro atoms. The quantitative estimate of drug-likeness (QED) is 0.553. The summed E-state index contributed by atoms with van der Waals surface area (Å²) in [5, 5.41) is 4.95. The molecule has 0 fully saturated rings. The molecule has 6 heteroatoms. The Kier molecular flexibility index (Phi) is 2.14. The van der Waals surface area contributed by atoms with Crippen LogP contribution in [0.1, 0.15) is 0 Å². The number of aromatic nitrogens is 3. The molecule has 12 heavy (non-hydrogen) atoms. The molecule has 0 unspecified atom stereocenters. The van der Waals surface area contributed by atoms with Crippen LogP contribution in [-0.2, 0) is 0 Å². The van der Waals surface area contributed by atoms with Crippen LogP contribution in [0, 0.1) is 3.70 Å². The highest BCUT2D eigenvalue weighted by Crippen LogP contribution is 2.17. The Morgan fingerprint density at radius 1 is 1.33 bits per heavy atom. The van der Waals surface area contributed by atoms with Crippen LogP contribution in [0.2, 0.25) is 10.3 Å². The predicted molar refractivity (Wildman–Crippen MR) is 55.7 cm³/mol. The first kappa shape index (κ1) is 8.52. The second-order valence-electron chi connectivity index (χ2n) is 2.14. The van der Waals surface area contributed by atoms with E-state index in [1.165, 1.54) is 4.52 Å². The van der Waals surface area contributed by atoms with Crippen LogP contribution in [-0.4, -0.2) is 14.6 Å². The van der Waals surface area contributed by atoms with E-state index in [1.54, 1.807) is 12.1 Å². The van der Waals surface area contributed by atoms with Crippen molar-refractivity contribution >= 4 is 51.4 Å². The highest BCUT2D eigenvalue weighted by Gasteiger charge is 2.04. The average molecular weight is 314 g/mol. The van der Waals surface area contributed by atoms with Crippen LogP contribution in [0.3, 0.4) is 0 Å². The second kappa shape index (κ2) is 3.01. The zero-order valence-electron chi connectivity index (χ0n) is 5.63. The van der Waals surface area contributed by atoms with Gasteiger partial charge in [0.05, 0.1) is 0 Å². The minimum Gasteiger partial charge on any atom is -0.217 e. The summed E-state index contributed by atoms with van der Waals surface area (Å²) in [6.07, 6.45) is 0. The van der Waals surface area contributed by atoms with Gasteiger partial charge in [-0.05, 0) is 22.6 Å². The molecule has 0 aliphatic carbocycles. The largest absolute Gasteiger partial charge is 0.217 e. The van der Waals surface area contributed by atoms with Crippen molar-refractivity contribution in [3.8, 4) is 0 Å². The fourth-order valence-electron chi connectivity index (χ4n) is 0.881. The summed E-state index contributed by atoms with van der Waals surface area (Å²) in [5.41, 5.74) is 0.664. The number of nitrogens with zero attached hydrogens (tertiary/aromatic N) is 3. The molecule has 0 aliphatic rings. The summed E-state index contributed by atoms with van der Waals surface area (Å²) in [4.78, 5) is 4.03. The molecule has 2 aromatic heterocycles. The number of rotatable bonds is 0. The lowest BCUT2D eigenvalue weighted by atomic mass is 10.6. The molecule has 2 heterocycles. The van der Waals surface area contributed by atoms with Gasteiger partial charge in [-0.15, -0.1) is 0 Å². The molecule has 2 aromatic rings. The van der Waals surface area contributed by atoms with Gasteiger partial charge in [0.1, 0.15) is 14.0 Å². The van der Waals surface area contributed by atoms with Gasteiger partial charge >= 0.3 is 0 Å². The third-order valence-corrected chi connectivity index (χ3v) is 2.31. The molecule has 3 nitrogen and oxygen atoms in total. The van der Waals surface area contributed by atoms with E-state index in [-0.39, 0.29) is 0 Å². The smallest absolute Gasteiger partial charge is 0.159 e. The third kappa shape index (κ3) is 1.38. The van der Waals surface area contributed by atoms with E-state index in [9.17, 15) is 0 Å². The molecule has 0 bridgehead atoms. The Morgan fingerprint density at radius 3 is 2.83 bits per heavy atom. The van der Waals surface area contributed by atoms with E-state index in [0.29, 0.717) is 16.0 Å². The van der Waals surface area contributed by atoms with Crippen LogP contribution in [0.4, 0.5) is 0 Å². The van der Waals surface area contributed by atoms with Crippen molar-refractivity contribution in [2.75, 3.05) is 0 Å². The van der Waals surface area contributed by atoms with E-state index in [0.717, 1.165) is 3.70 Å². The SMILES string of the molecule is Clc1cc(Cl)n2nc(I)cc2n1. The normalized spacial score (nSPS) is 10.9. The molecular formula is C6H2Cl2IN3. The molecule has 2 rings (SSSR count). The number of hydrogen-bond donors (Lipinski definition) is 0. The number of fused-ring (bicyclic) bond motifs is 1. The zero-order valence-corrected chi connectivity index (χ0v) is 9.30. The van der Waals surface area contributed by atoms with Gasteiger partial charge in [-0.3, -0.25) is 0 Å². The van der Waals surface area contributed by atoms with Gasteiger partial charge in [-0.2, -0.15) is 5.10 Å². The number of halogens is 3. The first-order valence-corrected chi connectivity index (χ1v) is 4.87. The van der Waals surface area contributed by atoms with Gasteiger partial charge in [0.15, 0.2) is 5.65 Å². The van der Waals surface area contributed by atoms with Gasteiger partial charge in [-0.1, -0.05) is 23.2 Å². The van der Waals surface area contributed by atoms with Crippen LogP contribution in [0.15, 0.2) is 12.1 Å². The number of hydrogen-bond acceptors (Lipinski definition) is 2. The van der Waals surface area contributed by atoms with Crippen molar-refractivity contribution in [2.24, 2.45) is 0 Å². The molecule has 0 saturated heterocycles. The molecule has 0 radical (unpaired) electrons. The molecule has 0 N–H and O–H groups in total. The predicted octanol–water partition coefficient (Wildman–Crippen LogP) is 2.64. The summed E-state index contributed by atoms with van der Waals surface area (Å²) >= 11 is 13.6. The first-order valence-electron chi connectivity index (χ1n) is 3.04. The molecule has 62 valence electrons. The van der Waals surface area contributed by atoms with Crippen LogP contribution in [0.5, 0.6) is 0 Å². The maximum atomic E-state index is 5.85. The van der Waals surface area contributed by atoms with Crippen molar-refractivity contribution in [1.29, 1.82) is 0 Å². The van der Waals surface area contributed by atoms with Gasteiger partial charge in [-0.25, -0.2) is 9.50 Å². The highest BCUT2D eigenvalue weighted by molar-refractivity contribution is 14.1. The Balaban J connectivity index is 2.88. The average Bonchev–Trinajstić information content (AvgIpc) is 2.29. The topological polar surface area (TPSA) is 30.2 Å². The minimum absolute atomic E-state index is 0.379. The molecule has 0 aliphatic heterocycles. The third-order valence-electron chi connectivity index (χ3n) is 1.32. The van der Waals surface area contributed by atoms with Crippen LogP contribution in [0.25, 0.3) is 5.65 Å². The second-order valence-corrected chi connectivity index (χ2v) is 4.02. The Labute approximate surface area is 91.8 Å². The van der Waals surface area contributed by atoms with Crippen molar-refractivity contribution in [3.05, 3.63) is 26.1 Å². The molecule has 0 atom stereocenters. The fraction of sp³-hybridized carbons (Fsp3) is 0. The maximum Gasteiger partial charge on any atom is 0.159 e. The molecule has 0 aromatic carbocycles. The lowest BCUT2D eigenvalue weighted by Crippen LogP contribution is -1.91. The van der Waals surface area contributed by atoms with Crippen molar-refractivity contribution < 1.29 is 0 Å². The Bertz CT molecular complexity index is 440. The van der Waals surface area contributed by atoms with Gasteiger partial charge < -0.3 is 0 Å². The van der Waals surface area contributed by atoms with Gasteiger partial charge in [0.25, 0.3) is 0 Å².